The molecule has 0 saturated heterocycles. The second kappa shape index (κ2) is 7.22. The number of amides is 2. The van der Waals surface area contributed by atoms with Crippen molar-refractivity contribution in [2.24, 2.45) is 0 Å². The van der Waals surface area contributed by atoms with Crippen LogP contribution in [0.1, 0.15) is 17.3 Å². The molecule has 2 aromatic rings. The summed E-state index contributed by atoms with van der Waals surface area (Å²) in [7, 11) is 3.46. The van der Waals surface area contributed by atoms with Crippen LogP contribution < -0.4 is 5.32 Å². The van der Waals surface area contributed by atoms with Gasteiger partial charge in [-0.1, -0.05) is 34.1 Å². The van der Waals surface area contributed by atoms with Crippen LogP contribution in [0.25, 0.3) is 0 Å². The number of urea groups is 1. The first-order valence-electron chi connectivity index (χ1n) is 6.69. The van der Waals surface area contributed by atoms with Gasteiger partial charge < -0.3 is 10.2 Å². The van der Waals surface area contributed by atoms with E-state index >= 15 is 0 Å². The largest absolute Gasteiger partial charge is 0.331 e. The number of hydrogen-bond donors (Lipinski definition) is 1. The van der Waals surface area contributed by atoms with Gasteiger partial charge in [-0.15, -0.1) is 0 Å². The summed E-state index contributed by atoms with van der Waals surface area (Å²) in [5.41, 5.74) is 2.00. The molecule has 0 aliphatic carbocycles. The Bertz CT molecular complexity index is 584. The smallest absolute Gasteiger partial charge is 0.317 e. The molecule has 1 N–H and O–H groups in total. The fourth-order valence-electron chi connectivity index (χ4n) is 1.95. The zero-order valence-electron chi connectivity index (χ0n) is 12.1. The van der Waals surface area contributed by atoms with Gasteiger partial charge in [0.05, 0.1) is 6.04 Å². The molecule has 2 amide bonds. The zero-order valence-corrected chi connectivity index (χ0v) is 13.7. The lowest BCUT2D eigenvalue weighted by atomic mass is 10.0. The number of hydrogen-bond acceptors (Lipinski definition) is 2. The average molecular weight is 348 g/mol. The summed E-state index contributed by atoms with van der Waals surface area (Å²) in [5, 5.41) is 3.03. The van der Waals surface area contributed by atoms with E-state index in [9.17, 15) is 4.79 Å². The second-order valence-electron chi connectivity index (χ2n) is 4.97. The minimum Gasteiger partial charge on any atom is -0.331 e. The van der Waals surface area contributed by atoms with Crippen molar-refractivity contribution in [3.05, 3.63) is 64.4 Å². The van der Waals surface area contributed by atoms with Crippen LogP contribution in [0.4, 0.5) is 4.79 Å². The number of rotatable bonds is 4. The van der Waals surface area contributed by atoms with E-state index < -0.39 is 0 Å². The Morgan fingerprint density at radius 3 is 2.52 bits per heavy atom. The van der Waals surface area contributed by atoms with Gasteiger partial charge in [-0.05, 0) is 29.8 Å². The number of halogens is 1. The first-order chi connectivity index (χ1) is 10.1. The summed E-state index contributed by atoms with van der Waals surface area (Å²) in [6.07, 6.45) is 2.42. The van der Waals surface area contributed by atoms with Gasteiger partial charge in [0.25, 0.3) is 0 Å². The van der Waals surface area contributed by atoms with Crippen molar-refractivity contribution in [1.82, 2.24) is 15.2 Å². The molecular formula is C16H18BrN3O. The van der Waals surface area contributed by atoms with Gasteiger partial charge in [-0.2, -0.15) is 0 Å². The number of nitrogens with one attached hydrogen (secondary N) is 1. The van der Waals surface area contributed by atoms with Crippen LogP contribution in [0.5, 0.6) is 0 Å². The quantitative estimate of drug-likeness (QED) is 0.921. The molecule has 0 aliphatic heterocycles. The molecule has 1 atom stereocenters. The first-order valence-corrected chi connectivity index (χ1v) is 7.49. The number of carbonyl (C=O) groups is 1. The molecule has 1 aromatic carbocycles. The zero-order chi connectivity index (χ0) is 15.2. The van der Waals surface area contributed by atoms with Crippen molar-refractivity contribution in [2.75, 3.05) is 14.1 Å². The summed E-state index contributed by atoms with van der Waals surface area (Å²) in [4.78, 5) is 17.8. The fraction of sp³-hybridized carbons (Fsp3) is 0.250. The molecule has 110 valence electrons. The Labute approximate surface area is 133 Å². The van der Waals surface area contributed by atoms with Crippen molar-refractivity contribution in [2.45, 2.75) is 12.5 Å². The SMILES string of the molecule is CN(C)C(=O)N[C@@H](Cc1ccccn1)c1ccc(Br)cc1. The highest BCUT2D eigenvalue weighted by Gasteiger charge is 2.16. The number of carbonyl (C=O) groups excluding carboxylic acids is 1. The van der Waals surface area contributed by atoms with Crippen LogP contribution in [0, 0.1) is 0 Å². The number of pyridine rings is 1. The van der Waals surface area contributed by atoms with E-state index in [2.05, 4.69) is 26.2 Å². The van der Waals surface area contributed by atoms with E-state index in [1.54, 1.807) is 20.3 Å². The third-order valence-electron chi connectivity index (χ3n) is 3.12. The minimum atomic E-state index is -0.112. The molecule has 0 fully saturated rings. The molecule has 0 unspecified atom stereocenters. The number of benzene rings is 1. The van der Waals surface area contributed by atoms with Crippen LogP contribution in [-0.4, -0.2) is 30.0 Å². The van der Waals surface area contributed by atoms with E-state index in [0.717, 1.165) is 15.7 Å². The second-order valence-corrected chi connectivity index (χ2v) is 5.89. The van der Waals surface area contributed by atoms with Crippen LogP contribution >= 0.6 is 15.9 Å². The Hall–Kier alpha value is -1.88. The lowest BCUT2D eigenvalue weighted by Crippen LogP contribution is -2.38. The lowest BCUT2D eigenvalue weighted by Gasteiger charge is -2.21. The normalized spacial score (nSPS) is 11.8. The van der Waals surface area contributed by atoms with E-state index in [4.69, 9.17) is 0 Å². The monoisotopic (exact) mass is 347 g/mol. The molecule has 4 nitrogen and oxygen atoms in total. The van der Waals surface area contributed by atoms with E-state index in [0.29, 0.717) is 6.42 Å². The van der Waals surface area contributed by atoms with E-state index in [1.807, 2.05) is 42.5 Å². The van der Waals surface area contributed by atoms with E-state index in [1.165, 1.54) is 4.90 Å². The molecule has 21 heavy (non-hydrogen) atoms. The predicted octanol–water partition coefficient (Wildman–Crippen LogP) is 3.40. The highest BCUT2D eigenvalue weighted by Crippen LogP contribution is 2.20. The van der Waals surface area contributed by atoms with Gasteiger partial charge >= 0.3 is 6.03 Å². The van der Waals surface area contributed by atoms with Crippen molar-refractivity contribution in [1.29, 1.82) is 0 Å². The molecule has 0 bridgehead atoms. The maximum Gasteiger partial charge on any atom is 0.317 e. The number of nitrogens with zero attached hydrogens (tertiary/aromatic N) is 2. The standard InChI is InChI=1S/C16H18BrN3O/c1-20(2)16(21)19-15(11-14-5-3-4-10-18-14)12-6-8-13(17)9-7-12/h3-10,15H,11H2,1-2H3,(H,19,21)/t15-/m0/s1. The minimum absolute atomic E-state index is 0.108. The first kappa shape index (κ1) is 15.5. The molecular weight excluding hydrogens is 330 g/mol. The topological polar surface area (TPSA) is 45.2 Å². The van der Waals surface area contributed by atoms with Crippen molar-refractivity contribution >= 4 is 22.0 Å². The molecule has 0 radical (unpaired) electrons. The van der Waals surface area contributed by atoms with Gasteiger partial charge in [0.1, 0.15) is 0 Å². The summed E-state index contributed by atoms with van der Waals surface area (Å²) in [6.45, 7) is 0. The molecule has 5 heteroatoms. The third kappa shape index (κ3) is 4.56. The van der Waals surface area contributed by atoms with Crippen LogP contribution in [0.15, 0.2) is 53.1 Å². The van der Waals surface area contributed by atoms with Gasteiger partial charge in [0.2, 0.25) is 0 Å². The summed E-state index contributed by atoms with van der Waals surface area (Å²) >= 11 is 3.43. The Balaban J connectivity index is 2.21. The Morgan fingerprint density at radius 2 is 1.95 bits per heavy atom. The van der Waals surface area contributed by atoms with Crippen molar-refractivity contribution in [3.8, 4) is 0 Å². The van der Waals surface area contributed by atoms with Gasteiger partial charge in [-0.3, -0.25) is 4.98 Å². The van der Waals surface area contributed by atoms with Gasteiger partial charge in [0, 0.05) is 36.9 Å². The Kier molecular flexibility index (Phi) is 5.33. The summed E-state index contributed by atoms with van der Waals surface area (Å²) in [5.74, 6) is 0. The van der Waals surface area contributed by atoms with Crippen LogP contribution in [0.2, 0.25) is 0 Å². The molecule has 1 aromatic heterocycles. The highest BCUT2D eigenvalue weighted by molar-refractivity contribution is 9.10. The maximum atomic E-state index is 12.0. The molecule has 1 heterocycles. The Morgan fingerprint density at radius 1 is 1.24 bits per heavy atom. The lowest BCUT2D eigenvalue weighted by molar-refractivity contribution is 0.213. The third-order valence-corrected chi connectivity index (χ3v) is 3.64. The fourth-order valence-corrected chi connectivity index (χ4v) is 2.22. The van der Waals surface area contributed by atoms with Crippen LogP contribution in [-0.2, 0) is 6.42 Å². The molecule has 0 spiro atoms. The summed E-state index contributed by atoms with van der Waals surface area (Å²) in [6, 6.07) is 13.5. The van der Waals surface area contributed by atoms with Gasteiger partial charge in [-0.25, -0.2) is 4.79 Å². The number of aromatic nitrogens is 1. The summed E-state index contributed by atoms with van der Waals surface area (Å²) < 4.78 is 1.02. The highest BCUT2D eigenvalue weighted by atomic mass is 79.9. The molecule has 2 rings (SSSR count). The van der Waals surface area contributed by atoms with Crippen molar-refractivity contribution < 1.29 is 4.79 Å². The predicted molar refractivity (Wildman–Crippen MR) is 87.0 cm³/mol. The van der Waals surface area contributed by atoms with Crippen LogP contribution in [0.3, 0.4) is 0 Å². The average Bonchev–Trinajstić information content (AvgIpc) is 2.48. The molecule has 0 saturated carbocycles. The maximum absolute atomic E-state index is 12.0. The van der Waals surface area contributed by atoms with Crippen molar-refractivity contribution in [3.63, 3.8) is 0 Å². The van der Waals surface area contributed by atoms with Gasteiger partial charge in [0.15, 0.2) is 0 Å². The molecule has 0 aliphatic rings. The van der Waals surface area contributed by atoms with E-state index in [-0.39, 0.29) is 12.1 Å².